The first-order valence-corrected chi connectivity index (χ1v) is 5.16. The summed E-state index contributed by atoms with van der Waals surface area (Å²) in [6.07, 6.45) is 2.07. The smallest absolute Gasteiger partial charge is 0.248 e. The number of amides is 1. The minimum atomic E-state index is 0.0662. The second-order valence-electron chi connectivity index (χ2n) is 3.53. The van der Waals surface area contributed by atoms with Gasteiger partial charge in [-0.25, -0.2) is 0 Å². The molecule has 1 aliphatic heterocycles. The SMILES string of the molecule is CCC1CN(C(=O)COC)CCCO1. The van der Waals surface area contributed by atoms with Crippen molar-refractivity contribution >= 4 is 5.91 Å². The van der Waals surface area contributed by atoms with Gasteiger partial charge in [0.15, 0.2) is 0 Å². The van der Waals surface area contributed by atoms with Crippen molar-refractivity contribution in [3.63, 3.8) is 0 Å². The Kier molecular flexibility index (Phi) is 4.90. The Morgan fingerprint density at radius 2 is 2.43 bits per heavy atom. The Bertz CT molecular complexity index is 184. The Morgan fingerprint density at radius 3 is 3.07 bits per heavy atom. The Hall–Kier alpha value is -0.610. The van der Waals surface area contributed by atoms with Gasteiger partial charge in [-0.1, -0.05) is 6.92 Å². The fraction of sp³-hybridized carbons (Fsp3) is 0.900. The van der Waals surface area contributed by atoms with E-state index >= 15 is 0 Å². The highest BCUT2D eigenvalue weighted by atomic mass is 16.5. The summed E-state index contributed by atoms with van der Waals surface area (Å²) in [6.45, 7) is 4.51. The minimum Gasteiger partial charge on any atom is -0.376 e. The van der Waals surface area contributed by atoms with Crippen LogP contribution in [0, 0.1) is 0 Å². The van der Waals surface area contributed by atoms with Gasteiger partial charge in [0.05, 0.1) is 6.10 Å². The van der Waals surface area contributed by atoms with Crippen LogP contribution in [0.2, 0.25) is 0 Å². The molecule has 0 bridgehead atoms. The van der Waals surface area contributed by atoms with Gasteiger partial charge < -0.3 is 14.4 Å². The van der Waals surface area contributed by atoms with Gasteiger partial charge in [0.25, 0.3) is 0 Å². The van der Waals surface area contributed by atoms with E-state index in [4.69, 9.17) is 9.47 Å². The molecule has 1 heterocycles. The predicted molar refractivity (Wildman–Crippen MR) is 53.1 cm³/mol. The van der Waals surface area contributed by atoms with Crippen molar-refractivity contribution in [3.05, 3.63) is 0 Å². The summed E-state index contributed by atoms with van der Waals surface area (Å²) in [7, 11) is 1.55. The lowest BCUT2D eigenvalue weighted by Gasteiger charge is -2.22. The maximum absolute atomic E-state index is 11.6. The summed E-state index contributed by atoms with van der Waals surface area (Å²) >= 11 is 0. The van der Waals surface area contributed by atoms with Crippen molar-refractivity contribution in [2.45, 2.75) is 25.9 Å². The summed E-state index contributed by atoms with van der Waals surface area (Å²) in [5.41, 5.74) is 0. The molecule has 1 unspecified atom stereocenters. The molecule has 1 rings (SSSR count). The minimum absolute atomic E-state index is 0.0662. The fourth-order valence-corrected chi connectivity index (χ4v) is 1.58. The summed E-state index contributed by atoms with van der Waals surface area (Å²) in [5, 5.41) is 0. The van der Waals surface area contributed by atoms with Crippen LogP contribution < -0.4 is 0 Å². The van der Waals surface area contributed by atoms with Crippen LogP contribution in [-0.2, 0) is 14.3 Å². The topological polar surface area (TPSA) is 38.8 Å². The molecule has 14 heavy (non-hydrogen) atoms. The summed E-state index contributed by atoms with van der Waals surface area (Å²) in [6, 6.07) is 0. The molecule has 0 aromatic rings. The van der Waals surface area contributed by atoms with Crippen LogP contribution >= 0.6 is 0 Å². The third kappa shape index (κ3) is 3.27. The molecule has 4 heteroatoms. The largest absolute Gasteiger partial charge is 0.376 e. The fourth-order valence-electron chi connectivity index (χ4n) is 1.58. The molecule has 0 aromatic heterocycles. The zero-order valence-electron chi connectivity index (χ0n) is 8.99. The number of rotatable bonds is 3. The monoisotopic (exact) mass is 201 g/mol. The highest BCUT2D eigenvalue weighted by Gasteiger charge is 2.20. The molecule has 1 aliphatic rings. The predicted octanol–water partition coefficient (Wildman–Crippen LogP) is 0.660. The Labute approximate surface area is 85.2 Å². The summed E-state index contributed by atoms with van der Waals surface area (Å²) in [5.74, 6) is 0.0662. The van der Waals surface area contributed by atoms with E-state index in [0.29, 0.717) is 6.54 Å². The molecule has 82 valence electrons. The third-order valence-corrected chi connectivity index (χ3v) is 2.43. The van der Waals surface area contributed by atoms with E-state index in [1.807, 2.05) is 4.90 Å². The van der Waals surface area contributed by atoms with Gasteiger partial charge in [-0.15, -0.1) is 0 Å². The molecule has 0 saturated carbocycles. The first-order valence-electron chi connectivity index (χ1n) is 5.16. The lowest BCUT2D eigenvalue weighted by atomic mass is 10.2. The van der Waals surface area contributed by atoms with Crippen LogP contribution in [0.15, 0.2) is 0 Å². The highest BCUT2D eigenvalue weighted by Crippen LogP contribution is 2.08. The lowest BCUT2D eigenvalue weighted by molar-refractivity contribution is -0.135. The van der Waals surface area contributed by atoms with Gasteiger partial charge in [-0.05, 0) is 12.8 Å². The van der Waals surface area contributed by atoms with Crippen molar-refractivity contribution in [2.24, 2.45) is 0 Å². The molecule has 1 atom stereocenters. The van der Waals surface area contributed by atoms with Crippen LogP contribution in [0.4, 0.5) is 0 Å². The number of ether oxygens (including phenoxy) is 2. The van der Waals surface area contributed by atoms with E-state index < -0.39 is 0 Å². The highest BCUT2D eigenvalue weighted by molar-refractivity contribution is 5.77. The van der Waals surface area contributed by atoms with Crippen molar-refractivity contribution in [1.29, 1.82) is 0 Å². The molecular formula is C10H19NO3. The van der Waals surface area contributed by atoms with Gasteiger partial charge in [-0.2, -0.15) is 0 Å². The van der Waals surface area contributed by atoms with E-state index in [1.165, 1.54) is 0 Å². The van der Waals surface area contributed by atoms with E-state index in [0.717, 1.165) is 26.0 Å². The van der Waals surface area contributed by atoms with Crippen molar-refractivity contribution in [3.8, 4) is 0 Å². The molecular weight excluding hydrogens is 182 g/mol. The van der Waals surface area contributed by atoms with Crippen LogP contribution in [-0.4, -0.2) is 50.3 Å². The number of hydrogen-bond donors (Lipinski definition) is 0. The average molecular weight is 201 g/mol. The van der Waals surface area contributed by atoms with Gasteiger partial charge in [0.1, 0.15) is 6.61 Å². The van der Waals surface area contributed by atoms with Gasteiger partial charge >= 0.3 is 0 Å². The standard InChI is InChI=1S/C10H19NO3/c1-3-9-7-11(5-4-6-14-9)10(12)8-13-2/h9H,3-8H2,1-2H3. The van der Waals surface area contributed by atoms with E-state index in [-0.39, 0.29) is 18.6 Å². The van der Waals surface area contributed by atoms with Crippen LogP contribution in [0.5, 0.6) is 0 Å². The molecule has 4 nitrogen and oxygen atoms in total. The molecule has 1 fully saturated rings. The second-order valence-corrected chi connectivity index (χ2v) is 3.53. The zero-order chi connectivity index (χ0) is 10.4. The molecule has 0 aliphatic carbocycles. The lowest BCUT2D eigenvalue weighted by Crippen LogP contribution is -2.38. The molecule has 0 aromatic carbocycles. The summed E-state index contributed by atoms with van der Waals surface area (Å²) < 4.78 is 10.4. The molecule has 1 saturated heterocycles. The van der Waals surface area contributed by atoms with Crippen LogP contribution in [0.3, 0.4) is 0 Å². The Balaban J connectivity index is 2.45. The van der Waals surface area contributed by atoms with Crippen LogP contribution in [0.25, 0.3) is 0 Å². The van der Waals surface area contributed by atoms with Crippen molar-refractivity contribution in [2.75, 3.05) is 33.4 Å². The molecule has 0 radical (unpaired) electrons. The van der Waals surface area contributed by atoms with Crippen molar-refractivity contribution in [1.82, 2.24) is 4.90 Å². The average Bonchev–Trinajstić information content (AvgIpc) is 2.43. The normalized spacial score (nSPS) is 23.3. The first kappa shape index (κ1) is 11.5. The number of carbonyl (C=O) groups excluding carboxylic acids is 1. The second kappa shape index (κ2) is 5.98. The van der Waals surface area contributed by atoms with Gasteiger partial charge in [0, 0.05) is 26.8 Å². The van der Waals surface area contributed by atoms with Gasteiger partial charge in [0.2, 0.25) is 5.91 Å². The number of carbonyl (C=O) groups is 1. The maximum atomic E-state index is 11.6. The maximum Gasteiger partial charge on any atom is 0.248 e. The van der Waals surface area contributed by atoms with Gasteiger partial charge in [-0.3, -0.25) is 4.79 Å². The first-order chi connectivity index (χ1) is 6.77. The quantitative estimate of drug-likeness (QED) is 0.673. The van der Waals surface area contributed by atoms with Crippen molar-refractivity contribution < 1.29 is 14.3 Å². The van der Waals surface area contributed by atoms with Crippen LogP contribution in [0.1, 0.15) is 19.8 Å². The molecule has 0 N–H and O–H groups in total. The molecule has 1 amide bonds. The number of methoxy groups -OCH3 is 1. The number of nitrogens with zero attached hydrogens (tertiary/aromatic N) is 1. The van der Waals surface area contributed by atoms with E-state index in [2.05, 4.69) is 6.92 Å². The Morgan fingerprint density at radius 1 is 1.64 bits per heavy atom. The third-order valence-electron chi connectivity index (χ3n) is 2.43. The van der Waals surface area contributed by atoms with E-state index in [9.17, 15) is 4.79 Å². The number of hydrogen-bond acceptors (Lipinski definition) is 3. The zero-order valence-corrected chi connectivity index (χ0v) is 8.99. The summed E-state index contributed by atoms with van der Waals surface area (Å²) in [4.78, 5) is 13.4. The van der Waals surface area contributed by atoms with E-state index in [1.54, 1.807) is 7.11 Å². The molecule has 0 spiro atoms.